The third kappa shape index (κ3) is 4.15. The van der Waals surface area contributed by atoms with E-state index in [4.69, 9.17) is 4.74 Å². The van der Waals surface area contributed by atoms with Crippen molar-refractivity contribution < 1.29 is 4.74 Å². The maximum absolute atomic E-state index is 5.65. The average Bonchev–Trinajstić information content (AvgIpc) is 2.86. The first-order chi connectivity index (χ1) is 9.24. The van der Waals surface area contributed by atoms with Crippen LogP contribution in [0.5, 0.6) is 0 Å². The number of rotatable bonds is 6. The lowest BCUT2D eigenvalue weighted by atomic mass is 9.95. The molecule has 0 amide bonds. The number of ether oxygens (including phenoxy) is 1. The minimum atomic E-state index is 0.627. The Morgan fingerprint density at radius 1 is 1.32 bits per heavy atom. The largest absolute Gasteiger partial charge is 0.381 e. The molecular formula is C15H31N3O. The van der Waals surface area contributed by atoms with Gasteiger partial charge in [0.1, 0.15) is 0 Å². The molecule has 0 aromatic carbocycles. The van der Waals surface area contributed by atoms with E-state index >= 15 is 0 Å². The molecule has 0 spiro atoms. The molecule has 2 aliphatic heterocycles. The van der Waals surface area contributed by atoms with Crippen LogP contribution in [0.3, 0.4) is 0 Å². The highest BCUT2D eigenvalue weighted by atomic mass is 16.5. The second kappa shape index (κ2) is 7.58. The van der Waals surface area contributed by atoms with E-state index in [1.807, 2.05) is 0 Å². The van der Waals surface area contributed by atoms with Gasteiger partial charge in [0, 0.05) is 37.7 Å². The molecule has 4 heteroatoms. The number of hydrogen-bond donors (Lipinski definition) is 1. The van der Waals surface area contributed by atoms with Crippen molar-refractivity contribution in [1.29, 1.82) is 0 Å². The van der Waals surface area contributed by atoms with Gasteiger partial charge in [-0.2, -0.15) is 0 Å². The molecule has 4 nitrogen and oxygen atoms in total. The van der Waals surface area contributed by atoms with E-state index in [0.717, 1.165) is 32.2 Å². The zero-order chi connectivity index (χ0) is 13.7. The fourth-order valence-corrected chi connectivity index (χ4v) is 3.71. The average molecular weight is 269 g/mol. The topological polar surface area (TPSA) is 27.7 Å². The summed E-state index contributed by atoms with van der Waals surface area (Å²) < 4.78 is 5.65. The molecule has 0 aromatic rings. The Balaban J connectivity index is 1.78. The van der Waals surface area contributed by atoms with Gasteiger partial charge in [0.2, 0.25) is 0 Å². The van der Waals surface area contributed by atoms with Crippen molar-refractivity contribution in [1.82, 2.24) is 15.1 Å². The van der Waals surface area contributed by atoms with Gasteiger partial charge in [0.05, 0.1) is 6.61 Å². The van der Waals surface area contributed by atoms with E-state index in [1.165, 1.54) is 32.5 Å². The highest BCUT2D eigenvalue weighted by Gasteiger charge is 2.28. The predicted octanol–water partition coefficient (Wildman–Crippen LogP) is 1.03. The Kier molecular flexibility index (Phi) is 6.07. The van der Waals surface area contributed by atoms with Crippen LogP contribution >= 0.6 is 0 Å². The maximum Gasteiger partial charge on any atom is 0.0521 e. The van der Waals surface area contributed by atoms with Gasteiger partial charge in [0.15, 0.2) is 0 Å². The van der Waals surface area contributed by atoms with Crippen LogP contribution in [0.2, 0.25) is 0 Å². The Morgan fingerprint density at radius 3 is 2.89 bits per heavy atom. The van der Waals surface area contributed by atoms with E-state index in [-0.39, 0.29) is 0 Å². The fourth-order valence-electron chi connectivity index (χ4n) is 3.71. The Morgan fingerprint density at radius 2 is 2.16 bits per heavy atom. The summed E-state index contributed by atoms with van der Waals surface area (Å²) in [5.41, 5.74) is 0. The maximum atomic E-state index is 5.65. The highest BCUT2D eigenvalue weighted by Crippen LogP contribution is 2.19. The number of nitrogens with zero attached hydrogens (tertiary/aromatic N) is 2. The van der Waals surface area contributed by atoms with E-state index in [1.54, 1.807) is 0 Å². The predicted molar refractivity (Wildman–Crippen MR) is 79.5 cm³/mol. The van der Waals surface area contributed by atoms with Crippen molar-refractivity contribution in [2.75, 3.05) is 53.5 Å². The molecule has 0 aliphatic carbocycles. The number of likely N-dealkylation sites (tertiary alicyclic amines) is 1. The summed E-state index contributed by atoms with van der Waals surface area (Å²) in [4.78, 5) is 5.14. The molecule has 2 aliphatic rings. The first-order valence-corrected chi connectivity index (χ1v) is 7.92. The van der Waals surface area contributed by atoms with E-state index in [9.17, 15) is 0 Å². The lowest BCUT2D eigenvalue weighted by Gasteiger charge is -2.35. The molecule has 2 saturated heterocycles. The molecule has 0 radical (unpaired) electrons. The van der Waals surface area contributed by atoms with Gasteiger partial charge >= 0.3 is 0 Å². The van der Waals surface area contributed by atoms with Gasteiger partial charge in [-0.3, -0.25) is 4.90 Å². The molecule has 3 unspecified atom stereocenters. The number of likely N-dealkylation sites (N-methyl/N-ethyl adjacent to an activating group) is 2. The molecule has 2 fully saturated rings. The summed E-state index contributed by atoms with van der Waals surface area (Å²) in [5.74, 6) is 0.639. The lowest BCUT2D eigenvalue weighted by Crippen LogP contribution is -2.48. The van der Waals surface area contributed by atoms with Crippen molar-refractivity contribution in [2.45, 2.75) is 38.3 Å². The lowest BCUT2D eigenvalue weighted by molar-refractivity contribution is 0.0192. The normalized spacial score (nSPS) is 33.2. The Hall–Kier alpha value is -0.160. The van der Waals surface area contributed by atoms with Crippen molar-refractivity contribution in [2.24, 2.45) is 5.92 Å². The Labute approximate surface area is 118 Å². The molecule has 19 heavy (non-hydrogen) atoms. The van der Waals surface area contributed by atoms with Crippen molar-refractivity contribution >= 4 is 0 Å². The smallest absolute Gasteiger partial charge is 0.0521 e. The van der Waals surface area contributed by atoms with Crippen LogP contribution in [0.1, 0.15) is 26.2 Å². The molecule has 2 rings (SSSR count). The second-order valence-electron chi connectivity index (χ2n) is 6.16. The first-order valence-electron chi connectivity index (χ1n) is 7.92. The quantitative estimate of drug-likeness (QED) is 0.779. The fraction of sp³-hybridized carbons (Fsp3) is 1.00. The zero-order valence-electron chi connectivity index (χ0n) is 12.9. The van der Waals surface area contributed by atoms with Gasteiger partial charge in [-0.15, -0.1) is 0 Å². The molecular weight excluding hydrogens is 238 g/mol. The molecule has 0 saturated carbocycles. The zero-order valence-corrected chi connectivity index (χ0v) is 12.9. The Bertz CT molecular complexity index is 262. The minimum absolute atomic E-state index is 0.627. The van der Waals surface area contributed by atoms with Crippen LogP contribution < -0.4 is 5.32 Å². The molecule has 2 heterocycles. The van der Waals surface area contributed by atoms with Crippen molar-refractivity contribution in [3.05, 3.63) is 0 Å². The molecule has 0 aromatic heterocycles. The minimum Gasteiger partial charge on any atom is -0.381 e. The van der Waals surface area contributed by atoms with Gasteiger partial charge in [-0.1, -0.05) is 6.92 Å². The van der Waals surface area contributed by atoms with E-state index < -0.39 is 0 Å². The van der Waals surface area contributed by atoms with Gasteiger partial charge in [-0.25, -0.2) is 0 Å². The molecule has 1 N–H and O–H groups in total. The van der Waals surface area contributed by atoms with Crippen molar-refractivity contribution in [3.8, 4) is 0 Å². The first kappa shape index (κ1) is 15.2. The van der Waals surface area contributed by atoms with E-state index in [2.05, 4.69) is 36.1 Å². The van der Waals surface area contributed by atoms with Crippen LogP contribution in [0, 0.1) is 5.92 Å². The second-order valence-corrected chi connectivity index (χ2v) is 6.16. The summed E-state index contributed by atoms with van der Waals surface area (Å²) in [5, 5.41) is 3.46. The monoisotopic (exact) mass is 269 g/mol. The summed E-state index contributed by atoms with van der Waals surface area (Å²) >= 11 is 0. The van der Waals surface area contributed by atoms with Crippen LogP contribution in [-0.4, -0.2) is 75.4 Å². The van der Waals surface area contributed by atoms with E-state index in [0.29, 0.717) is 12.0 Å². The molecule has 112 valence electrons. The van der Waals surface area contributed by atoms with Gasteiger partial charge < -0.3 is 15.0 Å². The SMILES string of the molecule is CCN1CCCC1CN(C)CC1COCCC1NC. The van der Waals surface area contributed by atoms with Crippen LogP contribution in [0.4, 0.5) is 0 Å². The summed E-state index contributed by atoms with van der Waals surface area (Å²) in [7, 11) is 4.35. The summed E-state index contributed by atoms with van der Waals surface area (Å²) in [6.07, 6.45) is 3.90. The van der Waals surface area contributed by atoms with Gasteiger partial charge in [-0.05, 0) is 46.4 Å². The highest BCUT2D eigenvalue weighted by molar-refractivity contribution is 4.84. The standard InChI is InChI=1S/C15H31N3O/c1-4-18-8-5-6-14(18)11-17(3)10-13-12-19-9-7-15(13)16-2/h13-16H,4-12H2,1-3H3. The van der Waals surface area contributed by atoms with Crippen LogP contribution in [0.25, 0.3) is 0 Å². The molecule has 3 atom stereocenters. The summed E-state index contributed by atoms with van der Waals surface area (Å²) in [6.45, 7) is 8.96. The van der Waals surface area contributed by atoms with Crippen LogP contribution in [-0.2, 0) is 4.74 Å². The van der Waals surface area contributed by atoms with Gasteiger partial charge in [0.25, 0.3) is 0 Å². The van der Waals surface area contributed by atoms with Crippen molar-refractivity contribution in [3.63, 3.8) is 0 Å². The number of nitrogens with one attached hydrogen (secondary N) is 1. The third-order valence-corrected chi connectivity index (χ3v) is 4.82. The van der Waals surface area contributed by atoms with Crippen LogP contribution in [0.15, 0.2) is 0 Å². The summed E-state index contributed by atoms with van der Waals surface area (Å²) in [6, 6.07) is 1.40. The third-order valence-electron chi connectivity index (χ3n) is 4.82. The molecule has 0 bridgehead atoms. The number of hydrogen-bond acceptors (Lipinski definition) is 4.